The monoisotopic (exact) mass is 403 g/mol. The van der Waals surface area contributed by atoms with Crippen LogP contribution in [0.15, 0.2) is 72.8 Å². The summed E-state index contributed by atoms with van der Waals surface area (Å²) in [5, 5.41) is 4.94. The molecule has 0 heterocycles. The largest absolute Gasteiger partial charge is 0.465 e. The van der Waals surface area contributed by atoms with Gasteiger partial charge in [-0.05, 0) is 31.5 Å². The number of anilines is 1. The maximum Gasteiger partial charge on any atom is 0.337 e. The molecule has 30 heavy (non-hydrogen) atoms. The highest BCUT2D eigenvalue weighted by atomic mass is 16.5. The van der Waals surface area contributed by atoms with Gasteiger partial charge >= 0.3 is 5.97 Å². The molecule has 3 rings (SSSR count). The molecule has 0 bridgehead atoms. The van der Waals surface area contributed by atoms with Crippen LogP contribution in [0.2, 0.25) is 0 Å². The Morgan fingerprint density at radius 2 is 1.60 bits per heavy atom. The van der Waals surface area contributed by atoms with Gasteiger partial charge in [-0.15, -0.1) is 0 Å². The molecule has 0 aliphatic rings. The normalized spacial score (nSPS) is 11.6. The Kier molecular flexibility index (Phi) is 6.99. The quantitative estimate of drug-likeness (QED) is 0.594. The zero-order chi connectivity index (χ0) is 21.5. The first-order valence-corrected chi connectivity index (χ1v) is 9.91. The summed E-state index contributed by atoms with van der Waals surface area (Å²) in [7, 11) is 1.34. The average molecular weight is 404 g/mol. The van der Waals surface area contributed by atoms with Crippen LogP contribution < -0.4 is 10.6 Å². The van der Waals surface area contributed by atoms with E-state index in [0.717, 1.165) is 16.7 Å². The minimum absolute atomic E-state index is 0.0139. The minimum atomic E-state index is -0.430. The second-order valence-electron chi connectivity index (χ2n) is 7.31. The molecule has 0 aromatic heterocycles. The first-order chi connectivity index (χ1) is 14.5. The number of methoxy groups -OCH3 is 1. The van der Waals surface area contributed by atoms with Crippen LogP contribution in [-0.4, -0.2) is 25.5 Å². The third-order valence-corrected chi connectivity index (χ3v) is 5.07. The first-order valence-electron chi connectivity index (χ1n) is 9.91. The molecular weight excluding hydrogens is 376 g/mol. The van der Waals surface area contributed by atoms with Gasteiger partial charge in [-0.3, -0.25) is 4.79 Å². The number of esters is 1. The van der Waals surface area contributed by atoms with Gasteiger partial charge in [-0.2, -0.15) is 0 Å². The van der Waals surface area contributed by atoms with Crippen LogP contribution in [0.25, 0.3) is 0 Å². The van der Waals surface area contributed by atoms with Crippen molar-refractivity contribution in [3.63, 3.8) is 0 Å². The van der Waals surface area contributed by atoms with Crippen LogP contribution >= 0.6 is 0 Å². The summed E-state index contributed by atoms with van der Waals surface area (Å²) in [5.74, 6) is -0.561. The number of carbonyl (C=O) groups excluding carboxylic acids is 2. The van der Waals surface area contributed by atoms with Gasteiger partial charge in [0, 0.05) is 16.8 Å². The van der Waals surface area contributed by atoms with Crippen molar-refractivity contribution in [2.24, 2.45) is 0 Å². The fourth-order valence-electron chi connectivity index (χ4n) is 3.33. The molecule has 3 aromatic carbocycles. The van der Waals surface area contributed by atoms with Crippen LogP contribution in [0, 0.1) is 13.8 Å². The Morgan fingerprint density at radius 1 is 0.933 bits per heavy atom. The van der Waals surface area contributed by atoms with Gasteiger partial charge in [0.15, 0.2) is 6.54 Å². The fourth-order valence-corrected chi connectivity index (χ4v) is 3.33. The molecule has 3 aromatic rings. The van der Waals surface area contributed by atoms with E-state index in [9.17, 15) is 9.59 Å². The van der Waals surface area contributed by atoms with Crippen LogP contribution in [0.1, 0.15) is 38.7 Å². The average Bonchev–Trinajstić information content (AvgIpc) is 2.77. The van der Waals surface area contributed by atoms with Crippen LogP contribution in [0.4, 0.5) is 5.69 Å². The van der Waals surface area contributed by atoms with Gasteiger partial charge in [-0.25, -0.2) is 4.79 Å². The maximum absolute atomic E-state index is 12.7. The number of ether oxygens (including phenoxy) is 1. The van der Waals surface area contributed by atoms with E-state index in [1.165, 1.54) is 12.7 Å². The highest BCUT2D eigenvalue weighted by Gasteiger charge is 2.19. The smallest absolute Gasteiger partial charge is 0.337 e. The lowest BCUT2D eigenvalue weighted by atomic mass is 9.98. The standard InChI is InChI=1S/C25H26N2O3/c1-17-9-12-20(13-10-17)24(19-7-5-4-6-8-19)26-16-23(28)27-22-15-21(25(29)30-3)14-11-18(22)2/h4-15,24,26H,16H2,1-3H3,(H,27,28)/p+1/t24-/m1/s1. The molecule has 0 aliphatic heterocycles. The van der Waals surface area contributed by atoms with E-state index >= 15 is 0 Å². The third-order valence-electron chi connectivity index (χ3n) is 5.07. The number of benzene rings is 3. The van der Waals surface area contributed by atoms with Crippen LogP contribution in [0.3, 0.4) is 0 Å². The van der Waals surface area contributed by atoms with Crippen molar-refractivity contribution in [1.29, 1.82) is 0 Å². The van der Waals surface area contributed by atoms with E-state index in [2.05, 4.69) is 48.6 Å². The molecule has 5 heteroatoms. The van der Waals surface area contributed by atoms with Gasteiger partial charge in [0.05, 0.1) is 12.7 Å². The van der Waals surface area contributed by atoms with Crippen molar-refractivity contribution in [3.05, 3.63) is 101 Å². The van der Waals surface area contributed by atoms with Gasteiger partial charge in [0.2, 0.25) is 0 Å². The second-order valence-corrected chi connectivity index (χ2v) is 7.31. The summed E-state index contributed by atoms with van der Waals surface area (Å²) < 4.78 is 4.76. The van der Waals surface area contributed by atoms with Crippen molar-refractivity contribution >= 4 is 17.6 Å². The summed E-state index contributed by atoms with van der Waals surface area (Å²) in [6.45, 7) is 4.19. The third kappa shape index (κ3) is 5.33. The van der Waals surface area contributed by atoms with E-state index in [-0.39, 0.29) is 18.5 Å². The lowest BCUT2D eigenvalue weighted by molar-refractivity contribution is -0.676. The van der Waals surface area contributed by atoms with E-state index in [1.54, 1.807) is 18.2 Å². The zero-order valence-corrected chi connectivity index (χ0v) is 17.5. The molecule has 154 valence electrons. The molecule has 0 spiro atoms. The lowest BCUT2D eigenvalue weighted by Crippen LogP contribution is -2.87. The van der Waals surface area contributed by atoms with Crippen LogP contribution in [0.5, 0.6) is 0 Å². The summed E-state index contributed by atoms with van der Waals surface area (Å²) >= 11 is 0. The topological polar surface area (TPSA) is 72.0 Å². The number of nitrogens with two attached hydrogens (primary N) is 1. The number of amides is 1. The SMILES string of the molecule is COC(=O)c1ccc(C)c(NC(=O)C[NH2+][C@H](c2ccccc2)c2ccc(C)cc2)c1. The molecule has 0 radical (unpaired) electrons. The molecule has 1 amide bonds. The Morgan fingerprint density at radius 3 is 2.27 bits per heavy atom. The van der Waals surface area contributed by atoms with Crippen molar-refractivity contribution in [2.45, 2.75) is 19.9 Å². The molecular formula is C25H27N2O3+. The molecule has 3 N–H and O–H groups in total. The van der Waals surface area contributed by atoms with Gasteiger partial charge in [0.25, 0.3) is 5.91 Å². The Hall–Kier alpha value is -3.44. The fraction of sp³-hybridized carbons (Fsp3) is 0.200. The van der Waals surface area contributed by atoms with E-state index in [0.29, 0.717) is 11.3 Å². The minimum Gasteiger partial charge on any atom is -0.465 e. The van der Waals surface area contributed by atoms with E-state index < -0.39 is 5.97 Å². The second kappa shape index (κ2) is 9.85. The molecule has 0 unspecified atom stereocenters. The lowest BCUT2D eigenvalue weighted by Gasteiger charge is -2.17. The number of rotatable bonds is 7. The number of hydrogen-bond donors (Lipinski definition) is 2. The first kappa shape index (κ1) is 21.3. The molecule has 1 atom stereocenters. The van der Waals surface area contributed by atoms with Crippen molar-refractivity contribution in [1.82, 2.24) is 0 Å². The summed E-state index contributed by atoms with van der Waals surface area (Å²) in [5.41, 5.74) is 5.38. The Balaban J connectivity index is 1.74. The predicted octanol–water partition coefficient (Wildman–Crippen LogP) is 3.38. The zero-order valence-electron chi connectivity index (χ0n) is 17.5. The number of carbonyl (C=O) groups is 2. The summed E-state index contributed by atoms with van der Waals surface area (Å²) in [4.78, 5) is 24.5. The number of quaternary nitrogens is 1. The van der Waals surface area contributed by atoms with Gasteiger partial charge in [-0.1, -0.05) is 66.2 Å². The maximum atomic E-state index is 12.7. The highest BCUT2D eigenvalue weighted by Crippen LogP contribution is 2.19. The Bertz CT molecular complexity index is 1010. The molecule has 0 fully saturated rings. The number of hydrogen-bond acceptors (Lipinski definition) is 3. The summed E-state index contributed by atoms with van der Waals surface area (Å²) in [6, 6.07) is 23.7. The Labute approximate surface area is 177 Å². The van der Waals surface area contributed by atoms with Crippen molar-refractivity contribution in [3.8, 4) is 0 Å². The molecule has 0 aliphatic carbocycles. The number of nitrogens with one attached hydrogen (secondary N) is 1. The van der Waals surface area contributed by atoms with E-state index in [1.807, 2.05) is 30.4 Å². The predicted molar refractivity (Wildman–Crippen MR) is 117 cm³/mol. The van der Waals surface area contributed by atoms with Gasteiger partial charge < -0.3 is 15.4 Å². The molecule has 0 saturated carbocycles. The summed E-state index contributed by atoms with van der Waals surface area (Å²) in [6.07, 6.45) is 0. The van der Waals surface area contributed by atoms with Gasteiger partial charge in [0.1, 0.15) is 6.04 Å². The molecule has 5 nitrogen and oxygen atoms in total. The highest BCUT2D eigenvalue weighted by molar-refractivity contribution is 5.95. The van der Waals surface area contributed by atoms with Crippen molar-refractivity contribution < 1.29 is 19.6 Å². The molecule has 0 saturated heterocycles. The van der Waals surface area contributed by atoms with Crippen LogP contribution in [-0.2, 0) is 9.53 Å². The van der Waals surface area contributed by atoms with E-state index in [4.69, 9.17) is 4.74 Å². The number of aryl methyl sites for hydroxylation is 2. The van der Waals surface area contributed by atoms with Crippen molar-refractivity contribution in [2.75, 3.05) is 19.0 Å².